The highest BCUT2D eigenvalue weighted by Crippen LogP contribution is 2.38. The average Bonchev–Trinajstić information content (AvgIpc) is 2.89. The molecule has 120 valence electrons. The van der Waals surface area contributed by atoms with E-state index in [-0.39, 0.29) is 18.3 Å². The number of nitrogens with zero attached hydrogens (tertiary/aromatic N) is 1. The largest absolute Gasteiger partial charge is 0.441 e. The molecule has 0 unspecified atom stereocenters. The van der Waals surface area contributed by atoms with E-state index in [0.717, 1.165) is 31.4 Å². The monoisotopic (exact) mass is 305 g/mol. The second-order valence-corrected chi connectivity index (χ2v) is 6.14. The smallest absolute Gasteiger partial charge is 0.414 e. The molecule has 0 aromatic heterocycles. The van der Waals surface area contributed by atoms with Crippen molar-refractivity contribution in [1.82, 2.24) is 0 Å². The number of hydrogen-bond acceptors (Lipinski definition) is 4. The second-order valence-electron chi connectivity index (χ2n) is 6.14. The summed E-state index contributed by atoms with van der Waals surface area (Å²) in [7, 11) is 1.61. The fourth-order valence-electron chi connectivity index (χ4n) is 3.46. The van der Waals surface area contributed by atoms with Crippen LogP contribution in [0.15, 0.2) is 24.3 Å². The van der Waals surface area contributed by atoms with Crippen LogP contribution in [0.4, 0.5) is 10.5 Å². The van der Waals surface area contributed by atoms with Crippen LogP contribution in [0.5, 0.6) is 0 Å². The number of methoxy groups -OCH3 is 1. The van der Waals surface area contributed by atoms with Crippen molar-refractivity contribution in [1.29, 1.82) is 0 Å². The van der Waals surface area contributed by atoms with Crippen molar-refractivity contribution in [2.45, 2.75) is 43.8 Å². The minimum atomic E-state index is -0.301. The minimum Gasteiger partial charge on any atom is -0.441 e. The minimum absolute atomic E-state index is 0.175. The number of ether oxygens (including phenoxy) is 2. The number of benzene rings is 1. The summed E-state index contributed by atoms with van der Waals surface area (Å²) < 4.78 is 10.4. The van der Waals surface area contributed by atoms with Crippen LogP contribution >= 0.6 is 0 Å². The standard InChI is InChI=1S/C17H23NO4/c1-21-11-14-10-18(17(20)22-14)16-5-3-2-4-15(16)12-6-8-13(19)9-7-12/h2-5,12-14,19H,6-11H2,1H3/t12?,13?,14-/m1/s1. The summed E-state index contributed by atoms with van der Waals surface area (Å²) in [6.45, 7) is 0.944. The average molecular weight is 305 g/mol. The van der Waals surface area contributed by atoms with Gasteiger partial charge in [0, 0.05) is 7.11 Å². The molecule has 22 heavy (non-hydrogen) atoms. The van der Waals surface area contributed by atoms with Gasteiger partial charge in [0.1, 0.15) is 6.10 Å². The number of carbonyl (C=O) groups excluding carboxylic acids is 1. The van der Waals surface area contributed by atoms with Crippen LogP contribution < -0.4 is 4.90 Å². The third-order valence-corrected chi connectivity index (χ3v) is 4.59. The molecular weight excluding hydrogens is 282 g/mol. The fourth-order valence-corrected chi connectivity index (χ4v) is 3.46. The van der Waals surface area contributed by atoms with Crippen LogP contribution in [0.2, 0.25) is 0 Å². The fraction of sp³-hybridized carbons (Fsp3) is 0.588. The van der Waals surface area contributed by atoms with Gasteiger partial charge in [0.2, 0.25) is 0 Å². The van der Waals surface area contributed by atoms with Gasteiger partial charge in [-0.05, 0) is 43.2 Å². The van der Waals surface area contributed by atoms with Gasteiger partial charge in [-0.1, -0.05) is 18.2 Å². The third-order valence-electron chi connectivity index (χ3n) is 4.59. The Bertz CT molecular complexity index is 525. The van der Waals surface area contributed by atoms with E-state index in [1.807, 2.05) is 18.2 Å². The molecule has 1 aromatic carbocycles. The quantitative estimate of drug-likeness (QED) is 0.929. The lowest BCUT2D eigenvalue weighted by Gasteiger charge is -2.28. The number of rotatable bonds is 4. The van der Waals surface area contributed by atoms with Crippen molar-refractivity contribution in [3.05, 3.63) is 29.8 Å². The zero-order chi connectivity index (χ0) is 15.5. The highest BCUT2D eigenvalue weighted by molar-refractivity contribution is 5.90. The Morgan fingerprint density at radius 3 is 2.73 bits per heavy atom. The summed E-state index contributed by atoms with van der Waals surface area (Å²) in [6.07, 6.45) is 2.90. The molecule has 3 rings (SSSR count). The molecule has 1 N–H and O–H groups in total. The molecule has 1 aliphatic heterocycles. The van der Waals surface area contributed by atoms with Crippen LogP contribution in [0.3, 0.4) is 0 Å². The highest BCUT2D eigenvalue weighted by atomic mass is 16.6. The van der Waals surface area contributed by atoms with Crippen molar-refractivity contribution in [2.24, 2.45) is 0 Å². The summed E-state index contributed by atoms with van der Waals surface area (Å²) in [5.41, 5.74) is 2.12. The van der Waals surface area contributed by atoms with E-state index < -0.39 is 0 Å². The number of para-hydroxylation sites is 1. The molecule has 1 aromatic rings. The zero-order valence-electron chi connectivity index (χ0n) is 12.9. The van der Waals surface area contributed by atoms with E-state index in [1.54, 1.807) is 12.0 Å². The molecule has 0 spiro atoms. The molecule has 2 fully saturated rings. The molecule has 0 bridgehead atoms. The number of amides is 1. The predicted molar refractivity (Wildman–Crippen MR) is 83.1 cm³/mol. The van der Waals surface area contributed by atoms with Gasteiger partial charge in [0.15, 0.2) is 0 Å². The first-order valence-electron chi connectivity index (χ1n) is 7.93. The number of cyclic esters (lactones) is 1. The molecular formula is C17H23NO4. The first kappa shape index (κ1) is 15.3. The topological polar surface area (TPSA) is 59.0 Å². The van der Waals surface area contributed by atoms with E-state index in [2.05, 4.69) is 6.07 Å². The molecule has 1 saturated heterocycles. The SMILES string of the molecule is COC[C@H]1CN(c2ccccc2C2CCC(O)CC2)C(=O)O1. The van der Waals surface area contributed by atoms with Crippen LogP contribution in [-0.2, 0) is 9.47 Å². The molecule has 1 saturated carbocycles. The number of anilines is 1. The number of aliphatic hydroxyl groups excluding tert-OH is 1. The number of aliphatic hydroxyl groups is 1. The van der Waals surface area contributed by atoms with Crippen molar-refractivity contribution in [3.8, 4) is 0 Å². The zero-order valence-corrected chi connectivity index (χ0v) is 12.9. The van der Waals surface area contributed by atoms with Crippen molar-refractivity contribution >= 4 is 11.8 Å². The molecule has 1 atom stereocenters. The van der Waals surface area contributed by atoms with Crippen LogP contribution in [0.1, 0.15) is 37.2 Å². The summed E-state index contributed by atoms with van der Waals surface area (Å²) in [5.74, 6) is 0.397. The first-order chi connectivity index (χ1) is 10.7. The predicted octanol–water partition coefficient (Wildman–Crippen LogP) is 2.68. The van der Waals surface area contributed by atoms with Gasteiger partial charge in [-0.15, -0.1) is 0 Å². The summed E-state index contributed by atoms with van der Waals surface area (Å²) >= 11 is 0. The van der Waals surface area contributed by atoms with Crippen LogP contribution in [0, 0.1) is 0 Å². The van der Waals surface area contributed by atoms with E-state index in [4.69, 9.17) is 9.47 Å². The Morgan fingerprint density at radius 2 is 2.00 bits per heavy atom. The van der Waals surface area contributed by atoms with Gasteiger partial charge < -0.3 is 14.6 Å². The van der Waals surface area contributed by atoms with Gasteiger partial charge >= 0.3 is 6.09 Å². The van der Waals surface area contributed by atoms with Crippen LogP contribution in [0.25, 0.3) is 0 Å². The summed E-state index contributed by atoms with van der Waals surface area (Å²) in [6, 6.07) is 8.04. The van der Waals surface area contributed by atoms with E-state index in [1.165, 1.54) is 5.56 Å². The molecule has 1 amide bonds. The van der Waals surface area contributed by atoms with E-state index in [0.29, 0.717) is 19.1 Å². The summed E-state index contributed by atoms with van der Waals surface area (Å²) in [4.78, 5) is 13.9. The second kappa shape index (κ2) is 6.67. The lowest BCUT2D eigenvalue weighted by Crippen LogP contribution is -2.27. The molecule has 0 radical (unpaired) electrons. The maximum absolute atomic E-state index is 12.2. The third kappa shape index (κ3) is 3.10. The van der Waals surface area contributed by atoms with Gasteiger partial charge in [-0.25, -0.2) is 4.79 Å². The lowest BCUT2D eigenvalue weighted by molar-refractivity contribution is 0.0718. The molecule has 2 aliphatic rings. The Morgan fingerprint density at radius 1 is 1.27 bits per heavy atom. The first-order valence-corrected chi connectivity index (χ1v) is 7.93. The van der Waals surface area contributed by atoms with Crippen molar-refractivity contribution in [3.63, 3.8) is 0 Å². The Kier molecular flexibility index (Phi) is 4.64. The molecule has 5 heteroatoms. The number of hydrogen-bond donors (Lipinski definition) is 1. The van der Waals surface area contributed by atoms with Crippen molar-refractivity contribution in [2.75, 3.05) is 25.2 Å². The van der Waals surface area contributed by atoms with Gasteiger partial charge in [-0.3, -0.25) is 4.90 Å². The van der Waals surface area contributed by atoms with Gasteiger partial charge in [0.25, 0.3) is 0 Å². The maximum Gasteiger partial charge on any atom is 0.414 e. The molecule has 5 nitrogen and oxygen atoms in total. The maximum atomic E-state index is 12.2. The normalized spacial score (nSPS) is 28.7. The molecule has 1 aliphatic carbocycles. The Balaban J connectivity index is 1.81. The van der Waals surface area contributed by atoms with E-state index >= 15 is 0 Å². The number of carbonyl (C=O) groups is 1. The summed E-state index contributed by atoms with van der Waals surface area (Å²) in [5, 5.41) is 9.69. The molecule has 1 heterocycles. The van der Waals surface area contributed by atoms with Crippen molar-refractivity contribution < 1.29 is 19.4 Å². The van der Waals surface area contributed by atoms with Gasteiger partial charge in [0.05, 0.1) is 24.9 Å². The lowest BCUT2D eigenvalue weighted by atomic mass is 9.82. The Hall–Kier alpha value is -1.59. The van der Waals surface area contributed by atoms with E-state index in [9.17, 15) is 9.90 Å². The van der Waals surface area contributed by atoms with Crippen LogP contribution in [-0.4, -0.2) is 43.7 Å². The van der Waals surface area contributed by atoms with Gasteiger partial charge in [-0.2, -0.15) is 0 Å². The highest BCUT2D eigenvalue weighted by Gasteiger charge is 2.34. The Labute approximate surface area is 130 Å².